The number of fused-ring (bicyclic) bond motifs is 2. The third-order valence-corrected chi connectivity index (χ3v) is 7.14. The Morgan fingerprint density at radius 1 is 1.03 bits per heavy atom. The number of hydrogen-bond donors (Lipinski definition) is 0. The van der Waals surface area contributed by atoms with Gasteiger partial charge >= 0.3 is 0 Å². The number of rotatable bonds is 8. The van der Waals surface area contributed by atoms with Crippen LogP contribution in [0.1, 0.15) is 24.7 Å². The summed E-state index contributed by atoms with van der Waals surface area (Å²) in [4.78, 5) is 7.24. The van der Waals surface area contributed by atoms with Gasteiger partial charge in [-0.2, -0.15) is 0 Å². The van der Waals surface area contributed by atoms with Gasteiger partial charge in [0, 0.05) is 27.2 Å². The summed E-state index contributed by atoms with van der Waals surface area (Å²) in [7, 11) is 1.61. The zero-order chi connectivity index (χ0) is 22.2. The van der Waals surface area contributed by atoms with Gasteiger partial charge in [-0.3, -0.25) is 4.90 Å². The molecule has 0 saturated heterocycles. The molecule has 0 bridgehead atoms. The lowest BCUT2D eigenvalue weighted by Crippen LogP contribution is -2.22. The average Bonchev–Trinajstić information content (AvgIpc) is 3.32. The van der Waals surface area contributed by atoms with E-state index in [4.69, 9.17) is 14.5 Å². The predicted octanol–water partition coefficient (Wildman–Crippen LogP) is 3.06. The van der Waals surface area contributed by atoms with Gasteiger partial charge < -0.3 is 14.0 Å². The standard InChI is InChI=1S/C22H28N4O4S/c1-5-10-26-19-8-7-17(31(27,28)24(2)3)12-18(19)23-22(26)14-25(4)13-16-6-9-20-21(11-16)30-15-29-20/h6-9,11-12H,5,10,13-15H2,1-4H3. The van der Waals surface area contributed by atoms with Crippen molar-refractivity contribution in [2.24, 2.45) is 0 Å². The molecule has 9 heteroatoms. The molecule has 0 N–H and O–H groups in total. The van der Waals surface area contributed by atoms with Crippen molar-refractivity contribution in [3.05, 3.63) is 47.8 Å². The van der Waals surface area contributed by atoms with Crippen molar-refractivity contribution in [2.75, 3.05) is 27.9 Å². The van der Waals surface area contributed by atoms with E-state index in [2.05, 4.69) is 16.4 Å². The molecule has 0 unspecified atom stereocenters. The molecule has 0 spiro atoms. The van der Waals surface area contributed by atoms with E-state index in [1.165, 1.54) is 18.4 Å². The first-order valence-electron chi connectivity index (χ1n) is 10.3. The van der Waals surface area contributed by atoms with E-state index < -0.39 is 10.0 Å². The maximum atomic E-state index is 12.5. The SMILES string of the molecule is CCCn1c(CN(C)Cc2ccc3c(c2)OCO3)nc2cc(S(=O)(=O)N(C)C)ccc21. The lowest BCUT2D eigenvalue weighted by atomic mass is 10.2. The van der Waals surface area contributed by atoms with Gasteiger partial charge in [-0.25, -0.2) is 17.7 Å². The molecule has 0 atom stereocenters. The van der Waals surface area contributed by atoms with Gasteiger partial charge in [-0.15, -0.1) is 0 Å². The average molecular weight is 445 g/mol. The van der Waals surface area contributed by atoms with Gasteiger partial charge in [0.25, 0.3) is 0 Å². The fourth-order valence-corrected chi connectivity index (χ4v) is 4.70. The quantitative estimate of drug-likeness (QED) is 0.532. The molecular formula is C22H28N4O4S. The highest BCUT2D eigenvalue weighted by atomic mass is 32.2. The van der Waals surface area contributed by atoms with Crippen molar-refractivity contribution in [1.29, 1.82) is 0 Å². The summed E-state index contributed by atoms with van der Waals surface area (Å²) < 4.78 is 39.3. The Morgan fingerprint density at radius 2 is 1.81 bits per heavy atom. The van der Waals surface area contributed by atoms with Gasteiger partial charge in [-0.1, -0.05) is 13.0 Å². The van der Waals surface area contributed by atoms with Crippen LogP contribution < -0.4 is 9.47 Å². The summed E-state index contributed by atoms with van der Waals surface area (Å²) in [5, 5.41) is 0. The minimum atomic E-state index is -3.50. The molecule has 166 valence electrons. The first-order valence-corrected chi connectivity index (χ1v) is 11.7. The monoisotopic (exact) mass is 444 g/mol. The van der Waals surface area contributed by atoms with E-state index in [0.717, 1.165) is 47.9 Å². The van der Waals surface area contributed by atoms with Crippen molar-refractivity contribution in [3.63, 3.8) is 0 Å². The lowest BCUT2D eigenvalue weighted by Gasteiger charge is -2.17. The molecule has 1 aliphatic heterocycles. The van der Waals surface area contributed by atoms with Crippen LogP contribution in [0.25, 0.3) is 11.0 Å². The predicted molar refractivity (Wildman–Crippen MR) is 119 cm³/mol. The Morgan fingerprint density at radius 3 is 2.55 bits per heavy atom. The summed E-state index contributed by atoms with van der Waals surface area (Å²) in [6.45, 7) is 4.58. The largest absolute Gasteiger partial charge is 0.454 e. The fraction of sp³-hybridized carbons (Fsp3) is 0.409. The van der Waals surface area contributed by atoms with Crippen LogP contribution in [0.2, 0.25) is 0 Å². The Bertz CT molecular complexity index is 1200. The molecule has 0 saturated carbocycles. The van der Waals surface area contributed by atoms with Crippen molar-refractivity contribution in [3.8, 4) is 11.5 Å². The molecule has 0 amide bonds. The van der Waals surface area contributed by atoms with E-state index in [1.807, 2.05) is 31.3 Å². The second-order valence-corrected chi connectivity index (χ2v) is 10.1. The topological polar surface area (TPSA) is 76.9 Å². The molecule has 4 rings (SSSR count). The van der Waals surface area contributed by atoms with Gasteiger partial charge in [0.15, 0.2) is 11.5 Å². The normalized spacial score (nSPS) is 13.6. The number of benzene rings is 2. The molecule has 2 heterocycles. The third-order valence-electron chi connectivity index (χ3n) is 5.33. The molecule has 1 aliphatic rings. The van der Waals surface area contributed by atoms with E-state index >= 15 is 0 Å². The number of aromatic nitrogens is 2. The second-order valence-electron chi connectivity index (χ2n) is 7.98. The van der Waals surface area contributed by atoms with E-state index in [1.54, 1.807) is 12.1 Å². The highest BCUT2D eigenvalue weighted by Crippen LogP contribution is 2.33. The highest BCUT2D eigenvalue weighted by Gasteiger charge is 2.20. The van der Waals surface area contributed by atoms with Crippen LogP contribution in [0.5, 0.6) is 11.5 Å². The summed E-state index contributed by atoms with van der Waals surface area (Å²) in [5.41, 5.74) is 2.78. The maximum absolute atomic E-state index is 12.5. The minimum Gasteiger partial charge on any atom is -0.454 e. The lowest BCUT2D eigenvalue weighted by molar-refractivity contribution is 0.174. The fourth-order valence-electron chi connectivity index (χ4n) is 3.77. The molecule has 31 heavy (non-hydrogen) atoms. The number of nitrogens with zero attached hydrogens (tertiary/aromatic N) is 4. The van der Waals surface area contributed by atoms with Crippen LogP contribution in [-0.2, 0) is 29.7 Å². The summed E-state index contributed by atoms with van der Waals surface area (Å²) >= 11 is 0. The Labute approximate surface area is 183 Å². The Balaban J connectivity index is 1.60. The van der Waals surface area contributed by atoms with E-state index in [-0.39, 0.29) is 11.7 Å². The molecule has 0 fully saturated rings. The summed E-state index contributed by atoms with van der Waals surface area (Å²) in [5.74, 6) is 2.47. The maximum Gasteiger partial charge on any atom is 0.242 e. The zero-order valence-electron chi connectivity index (χ0n) is 18.3. The zero-order valence-corrected chi connectivity index (χ0v) is 19.1. The van der Waals surface area contributed by atoms with Gasteiger partial charge in [0.2, 0.25) is 16.8 Å². The first kappa shape index (κ1) is 21.6. The summed E-state index contributed by atoms with van der Waals surface area (Å²) in [6.07, 6.45) is 0.960. The Kier molecular flexibility index (Phi) is 5.92. The van der Waals surface area contributed by atoms with Crippen molar-refractivity contribution in [2.45, 2.75) is 37.9 Å². The van der Waals surface area contributed by atoms with E-state index in [0.29, 0.717) is 12.1 Å². The van der Waals surface area contributed by atoms with Crippen molar-refractivity contribution >= 4 is 21.1 Å². The third kappa shape index (κ3) is 4.26. The van der Waals surface area contributed by atoms with Crippen LogP contribution in [0.15, 0.2) is 41.3 Å². The number of ether oxygens (including phenoxy) is 2. The number of sulfonamides is 1. The smallest absolute Gasteiger partial charge is 0.242 e. The molecule has 2 aromatic carbocycles. The first-order chi connectivity index (χ1) is 14.8. The van der Waals surface area contributed by atoms with Crippen LogP contribution in [0, 0.1) is 0 Å². The molecule has 1 aromatic heterocycles. The number of aryl methyl sites for hydroxylation is 1. The summed E-state index contributed by atoms with van der Waals surface area (Å²) in [6, 6.07) is 11.2. The minimum absolute atomic E-state index is 0.256. The van der Waals surface area contributed by atoms with Gasteiger partial charge in [0.05, 0.1) is 22.5 Å². The van der Waals surface area contributed by atoms with Crippen LogP contribution in [0.4, 0.5) is 0 Å². The molecule has 0 radical (unpaired) electrons. The van der Waals surface area contributed by atoms with Crippen molar-refractivity contribution < 1.29 is 17.9 Å². The van der Waals surface area contributed by atoms with Crippen LogP contribution >= 0.6 is 0 Å². The number of hydrogen-bond acceptors (Lipinski definition) is 6. The molecule has 8 nitrogen and oxygen atoms in total. The van der Waals surface area contributed by atoms with E-state index in [9.17, 15) is 8.42 Å². The highest BCUT2D eigenvalue weighted by molar-refractivity contribution is 7.89. The van der Waals surface area contributed by atoms with Crippen LogP contribution in [-0.4, -0.2) is 55.1 Å². The number of imidazole rings is 1. The molecule has 3 aromatic rings. The molecule has 0 aliphatic carbocycles. The molecular weight excluding hydrogens is 416 g/mol. The van der Waals surface area contributed by atoms with Gasteiger partial charge in [0.1, 0.15) is 5.82 Å². The second kappa shape index (κ2) is 8.49. The van der Waals surface area contributed by atoms with Crippen LogP contribution in [0.3, 0.4) is 0 Å². The Hall–Kier alpha value is -2.62. The van der Waals surface area contributed by atoms with Crippen molar-refractivity contribution in [1.82, 2.24) is 18.8 Å². The van der Waals surface area contributed by atoms with Gasteiger partial charge in [-0.05, 0) is 49.4 Å².